The first-order valence-corrected chi connectivity index (χ1v) is 15.2. The Labute approximate surface area is 274 Å². The van der Waals surface area contributed by atoms with Crippen LogP contribution in [0.15, 0.2) is 64.7 Å². The number of nitriles is 1. The van der Waals surface area contributed by atoms with Gasteiger partial charge in [0, 0.05) is 18.2 Å². The van der Waals surface area contributed by atoms with Gasteiger partial charge in [-0.25, -0.2) is 0 Å². The van der Waals surface area contributed by atoms with Crippen LogP contribution < -0.4 is 21.3 Å². The Balaban J connectivity index is 1.74. The number of rotatable bonds is 13. The second-order valence-corrected chi connectivity index (χ2v) is 12.4. The van der Waals surface area contributed by atoms with Crippen LogP contribution in [-0.2, 0) is 27.3 Å². The van der Waals surface area contributed by atoms with E-state index in [1.165, 1.54) is 19.1 Å². The normalized spacial score (nSPS) is 13.4. The molecule has 248 valence electrons. The molecular weight excluding hydrogens is 600 g/mol. The van der Waals surface area contributed by atoms with Crippen LogP contribution in [0.3, 0.4) is 0 Å². The summed E-state index contributed by atoms with van der Waals surface area (Å²) in [6.45, 7) is 10.6. The first kappa shape index (κ1) is 36.2. The lowest BCUT2D eigenvalue weighted by Crippen LogP contribution is -2.57. The molecule has 0 aliphatic heterocycles. The van der Waals surface area contributed by atoms with E-state index in [4.69, 9.17) is 4.52 Å². The molecule has 3 atom stereocenters. The van der Waals surface area contributed by atoms with Crippen molar-refractivity contribution < 1.29 is 28.8 Å². The van der Waals surface area contributed by atoms with E-state index < -0.39 is 47.4 Å². The van der Waals surface area contributed by atoms with E-state index >= 15 is 0 Å². The van der Waals surface area contributed by atoms with Crippen molar-refractivity contribution in [2.45, 2.75) is 84.7 Å². The summed E-state index contributed by atoms with van der Waals surface area (Å²) < 4.78 is 4.93. The molecule has 1 aromatic heterocycles. The summed E-state index contributed by atoms with van der Waals surface area (Å²) in [7, 11) is 0. The summed E-state index contributed by atoms with van der Waals surface area (Å²) in [5, 5.41) is 34.3. The zero-order chi connectivity index (χ0) is 34.7. The molecule has 0 spiro atoms. The Kier molecular flexibility index (Phi) is 12.6. The maximum Gasteiger partial charge on any atom is 0.274 e. The molecule has 12 heteroatoms. The van der Waals surface area contributed by atoms with Crippen molar-refractivity contribution in [3.8, 4) is 6.07 Å². The molecule has 0 aliphatic rings. The smallest absolute Gasteiger partial charge is 0.274 e. The number of aliphatic hydroxyl groups is 1. The average Bonchev–Trinajstić information content (AvgIpc) is 3.45. The summed E-state index contributed by atoms with van der Waals surface area (Å²) in [5.74, 6) is -1.97. The highest BCUT2D eigenvalue weighted by molar-refractivity contribution is 6.02. The van der Waals surface area contributed by atoms with Gasteiger partial charge in [-0.1, -0.05) is 59.3 Å². The van der Waals surface area contributed by atoms with Gasteiger partial charge in [0.1, 0.15) is 29.5 Å². The lowest BCUT2D eigenvalue weighted by Gasteiger charge is -2.24. The number of nitrogens with one attached hydrogen (secondary N) is 4. The molecule has 0 fully saturated rings. The Bertz CT molecular complexity index is 1630. The van der Waals surface area contributed by atoms with Gasteiger partial charge in [0.25, 0.3) is 11.8 Å². The zero-order valence-electron chi connectivity index (χ0n) is 27.5. The van der Waals surface area contributed by atoms with Crippen molar-refractivity contribution in [1.29, 1.82) is 5.26 Å². The summed E-state index contributed by atoms with van der Waals surface area (Å²) in [4.78, 5) is 51.8. The van der Waals surface area contributed by atoms with Crippen molar-refractivity contribution in [1.82, 2.24) is 26.4 Å². The third-order valence-corrected chi connectivity index (χ3v) is 7.00. The van der Waals surface area contributed by atoms with Crippen LogP contribution in [0.5, 0.6) is 0 Å². The van der Waals surface area contributed by atoms with E-state index in [9.17, 15) is 29.5 Å². The van der Waals surface area contributed by atoms with E-state index in [2.05, 4.69) is 26.4 Å². The fourth-order valence-electron chi connectivity index (χ4n) is 4.46. The van der Waals surface area contributed by atoms with Crippen LogP contribution in [0.2, 0.25) is 0 Å². The fourth-order valence-corrected chi connectivity index (χ4v) is 4.46. The van der Waals surface area contributed by atoms with E-state index in [1.807, 2.05) is 70.2 Å². The molecule has 0 bridgehead atoms. The number of aryl methyl sites for hydroxylation is 3. The Hall–Kier alpha value is -5.28. The summed E-state index contributed by atoms with van der Waals surface area (Å²) in [5.41, 5.74) is 2.87. The van der Waals surface area contributed by atoms with Gasteiger partial charge in [0.2, 0.25) is 11.8 Å². The maximum atomic E-state index is 13.4. The van der Waals surface area contributed by atoms with Crippen molar-refractivity contribution in [3.63, 3.8) is 0 Å². The summed E-state index contributed by atoms with van der Waals surface area (Å²) >= 11 is 0. The van der Waals surface area contributed by atoms with E-state index in [0.29, 0.717) is 17.7 Å². The molecule has 0 saturated heterocycles. The van der Waals surface area contributed by atoms with Crippen molar-refractivity contribution in [3.05, 3.63) is 93.9 Å². The number of benzene rings is 2. The molecule has 47 heavy (non-hydrogen) atoms. The second kappa shape index (κ2) is 16.3. The Morgan fingerprint density at radius 1 is 0.979 bits per heavy atom. The van der Waals surface area contributed by atoms with Crippen LogP contribution in [0.25, 0.3) is 6.08 Å². The molecule has 1 heterocycles. The highest BCUT2D eigenvalue weighted by atomic mass is 16.5. The molecule has 1 unspecified atom stereocenters. The van der Waals surface area contributed by atoms with Gasteiger partial charge < -0.3 is 30.9 Å². The van der Waals surface area contributed by atoms with Crippen LogP contribution >= 0.6 is 0 Å². The largest absolute Gasteiger partial charge is 0.391 e. The van der Waals surface area contributed by atoms with Crippen LogP contribution in [-0.4, -0.2) is 57.6 Å². The third-order valence-electron chi connectivity index (χ3n) is 7.00. The molecule has 5 N–H and O–H groups in total. The first-order valence-electron chi connectivity index (χ1n) is 15.2. The standard InChI is InChI=1S/C35H42N6O6/c1-21-7-9-26(10-8-21)20-37-32(44)28(38-34(46)30(23(3)42)39-33(45)29-17-22(2)47-41-29)16-15-24-11-13-25(14-12-24)18-27(19-36)31(43)40-35(4,5)6/h7-14,17-18,23,28,30,42H,15-16,20H2,1-6H3,(H,37,44)(H,38,46)(H,39,45)(H,40,43)/t23-,28?,30+/m1/s1. The van der Waals surface area contributed by atoms with Gasteiger partial charge in [-0.3, -0.25) is 19.2 Å². The minimum absolute atomic E-state index is 0.0286. The number of carbonyl (C=O) groups is 4. The summed E-state index contributed by atoms with van der Waals surface area (Å²) in [6, 6.07) is 15.7. The molecule has 0 radical (unpaired) electrons. The molecule has 3 aromatic rings. The third kappa shape index (κ3) is 11.5. The number of hydrogen-bond acceptors (Lipinski definition) is 8. The molecular formula is C35H42N6O6. The van der Waals surface area contributed by atoms with Crippen LogP contribution in [0.4, 0.5) is 0 Å². The quantitative estimate of drug-likeness (QED) is 0.139. The molecule has 12 nitrogen and oxygen atoms in total. The fraction of sp³-hybridized carbons (Fsp3) is 0.371. The van der Waals surface area contributed by atoms with Gasteiger partial charge in [0.05, 0.1) is 6.10 Å². The number of carbonyl (C=O) groups excluding carboxylic acids is 4. The highest BCUT2D eigenvalue weighted by Gasteiger charge is 2.30. The topological polar surface area (TPSA) is 186 Å². The predicted molar refractivity (Wildman–Crippen MR) is 175 cm³/mol. The molecule has 2 aromatic carbocycles. The number of amides is 4. The minimum Gasteiger partial charge on any atom is -0.391 e. The van der Waals surface area contributed by atoms with Gasteiger partial charge in [-0.15, -0.1) is 0 Å². The van der Waals surface area contributed by atoms with Gasteiger partial charge >= 0.3 is 0 Å². The van der Waals surface area contributed by atoms with Gasteiger partial charge in [0.15, 0.2) is 5.69 Å². The lowest BCUT2D eigenvalue weighted by molar-refractivity contribution is -0.131. The van der Waals surface area contributed by atoms with E-state index in [0.717, 1.165) is 16.7 Å². The Morgan fingerprint density at radius 3 is 2.17 bits per heavy atom. The van der Waals surface area contributed by atoms with Crippen LogP contribution in [0.1, 0.15) is 72.6 Å². The molecule has 4 amide bonds. The molecule has 3 rings (SSSR count). The van der Waals surface area contributed by atoms with Crippen molar-refractivity contribution in [2.24, 2.45) is 0 Å². The monoisotopic (exact) mass is 642 g/mol. The van der Waals surface area contributed by atoms with Gasteiger partial charge in [-0.2, -0.15) is 5.26 Å². The molecule has 0 aliphatic carbocycles. The number of hydrogen-bond donors (Lipinski definition) is 5. The highest BCUT2D eigenvalue weighted by Crippen LogP contribution is 2.14. The average molecular weight is 643 g/mol. The predicted octanol–water partition coefficient (Wildman–Crippen LogP) is 3.03. The summed E-state index contributed by atoms with van der Waals surface area (Å²) in [6.07, 6.45) is 0.790. The van der Waals surface area contributed by atoms with Crippen molar-refractivity contribution >= 4 is 29.7 Å². The van der Waals surface area contributed by atoms with E-state index in [1.54, 1.807) is 19.1 Å². The zero-order valence-corrected chi connectivity index (χ0v) is 27.5. The van der Waals surface area contributed by atoms with Crippen LogP contribution in [0, 0.1) is 25.2 Å². The number of aliphatic hydroxyl groups excluding tert-OH is 1. The number of nitrogens with zero attached hydrogens (tertiary/aromatic N) is 2. The second-order valence-electron chi connectivity index (χ2n) is 12.4. The maximum absolute atomic E-state index is 13.4. The lowest BCUT2D eigenvalue weighted by atomic mass is 10.0. The van der Waals surface area contributed by atoms with E-state index in [-0.39, 0.29) is 24.2 Å². The SMILES string of the molecule is Cc1ccc(CNC(=O)C(CCc2ccc(C=C(C#N)C(=O)NC(C)(C)C)cc2)NC(=O)[C@@H](NC(=O)c2cc(C)on2)[C@@H](C)O)cc1. The Morgan fingerprint density at radius 2 is 1.62 bits per heavy atom. The van der Waals surface area contributed by atoms with Crippen molar-refractivity contribution in [2.75, 3.05) is 0 Å². The first-order chi connectivity index (χ1) is 22.1. The molecule has 0 saturated carbocycles. The number of aromatic nitrogens is 1. The van der Waals surface area contributed by atoms with Gasteiger partial charge in [-0.05, 0) is 77.2 Å². The minimum atomic E-state index is -1.37.